The van der Waals surface area contributed by atoms with Gasteiger partial charge in [0.2, 0.25) is 11.8 Å². The number of nitrogens with one attached hydrogen (secondary N) is 2. The normalized spacial score (nSPS) is 13.2. The monoisotopic (exact) mass is 543 g/mol. The largest absolute Gasteiger partial charge is 0.497 e. The highest BCUT2D eigenvalue weighted by atomic mass is 79.9. The Kier molecular flexibility index (Phi) is 5.77. The van der Waals surface area contributed by atoms with Gasteiger partial charge in [0.05, 0.1) is 12.7 Å². The van der Waals surface area contributed by atoms with Crippen LogP contribution in [0.25, 0.3) is 33.3 Å². The topological polar surface area (TPSA) is 102 Å². The second kappa shape index (κ2) is 9.23. The zero-order valence-corrected chi connectivity index (χ0v) is 21.0. The van der Waals surface area contributed by atoms with Crippen molar-refractivity contribution in [1.29, 1.82) is 0 Å². The summed E-state index contributed by atoms with van der Waals surface area (Å²) in [5, 5.41) is 7.97. The van der Waals surface area contributed by atoms with Gasteiger partial charge in [-0.2, -0.15) is 0 Å². The summed E-state index contributed by atoms with van der Waals surface area (Å²) < 4.78 is 12.2. The number of aromatic nitrogens is 3. The second-order valence-electron chi connectivity index (χ2n) is 8.73. The van der Waals surface area contributed by atoms with Crippen molar-refractivity contribution in [3.8, 4) is 17.2 Å². The average molecular weight is 544 g/mol. The standard InChI is InChI=1S/C27H22BrN5O3/c1-35-18-7-2-15(3-8-18)12-30-25-20-13-29-24(33-26(34)16-4-5-16)11-19(20)21(14-31-25)27-32-22-10-17(28)6-9-23(22)36-27/h2-3,6-11,13-14,16H,4-5,12H2,1H3,(H,30,31)(H,29,33,34). The molecule has 5 aromatic rings. The van der Waals surface area contributed by atoms with Crippen LogP contribution in [0.1, 0.15) is 18.4 Å². The van der Waals surface area contributed by atoms with Gasteiger partial charge in [-0.05, 0) is 54.8 Å². The van der Waals surface area contributed by atoms with E-state index in [2.05, 4.69) is 41.5 Å². The van der Waals surface area contributed by atoms with Gasteiger partial charge < -0.3 is 19.8 Å². The van der Waals surface area contributed by atoms with Gasteiger partial charge >= 0.3 is 0 Å². The number of halogens is 1. The lowest BCUT2D eigenvalue weighted by atomic mass is 10.1. The molecule has 1 saturated carbocycles. The summed E-state index contributed by atoms with van der Waals surface area (Å²) in [7, 11) is 1.65. The van der Waals surface area contributed by atoms with Crippen LogP contribution in [-0.4, -0.2) is 28.0 Å². The number of hydrogen-bond donors (Lipinski definition) is 2. The maximum absolute atomic E-state index is 12.4. The molecule has 1 fully saturated rings. The molecule has 0 spiro atoms. The fourth-order valence-electron chi connectivity index (χ4n) is 4.03. The molecule has 6 rings (SSSR count). The molecule has 0 bridgehead atoms. The number of benzene rings is 2. The number of amides is 1. The van der Waals surface area contributed by atoms with E-state index < -0.39 is 0 Å². The number of carbonyl (C=O) groups is 1. The Bertz CT molecular complexity index is 1600. The molecule has 9 heteroatoms. The molecule has 1 aliphatic carbocycles. The summed E-state index contributed by atoms with van der Waals surface area (Å²) in [6, 6.07) is 15.4. The molecule has 0 aliphatic heterocycles. The first-order chi connectivity index (χ1) is 17.6. The lowest BCUT2D eigenvalue weighted by Crippen LogP contribution is -2.14. The SMILES string of the molecule is COc1ccc(CNc2ncc(-c3nc4cc(Br)ccc4o3)c3cc(NC(=O)C4CC4)ncc23)cc1. The van der Waals surface area contributed by atoms with Crippen molar-refractivity contribution in [3.63, 3.8) is 0 Å². The molecular formula is C27H22BrN5O3. The van der Waals surface area contributed by atoms with Crippen molar-refractivity contribution in [2.45, 2.75) is 19.4 Å². The van der Waals surface area contributed by atoms with Gasteiger partial charge in [-0.3, -0.25) is 4.79 Å². The van der Waals surface area contributed by atoms with E-state index in [1.807, 2.05) is 48.5 Å². The van der Waals surface area contributed by atoms with Crippen LogP contribution in [0.15, 0.2) is 69.8 Å². The van der Waals surface area contributed by atoms with Crippen molar-refractivity contribution in [2.24, 2.45) is 5.92 Å². The molecule has 2 aromatic carbocycles. The van der Waals surface area contributed by atoms with E-state index in [-0.39, 0.29) is 11.8 Å². The van der Waals surface area contributed by atoms with Crippen LogP contribution in [0.3, 0.4) is 0 Å². The van der Waals surface area contributed by atoms with Gasteiger partial charge in [-0.15, -0.1) is 0 Å². The predicted molar refractivity (Wildman–Crippen MR) is 142 cm³/mol. The first-order valence-electron chi connectivity index (χ1n) is 11.6. The highest BCUT2D eigenvalue weighted by Gasteiger charge is 2.30. The third-order valence-corrected chi connectivity index (χ3v) is 6.66. The fourth-order valence-corrected chi connectivity index (χ4v) is 4.38. The maximum atomic E-state index is 12.4. The van der Waals surface area contributed by atoms with Gasteiger partial charge in [0.1, 0.15) is 22.9 Å². The molecule has 2 N–H and O–H groups in total. The maximum Gasteiger partial charge on any atom is 0.229 e. The Hall–Kier alpha value is -3.98. The highest BCUT2D eigenvalue weighted by molar-refractivity contribution is 9.10. The third kappa shape index (κ3) is 4.49. The number of pyridine rings is 2. The van der Waals surface area contributed by atoms with Crippen molar-refractivity contribution in [3.05, 3.63) is 71.0 Å². The van der Waals surface area contributed by atoms with Crippen LogP contribution in [0.5, 0.6) is 5.75 Å². The van der Waals surface area contributed by atoms with E-state index in [1.54, 1.807) is 19.5 Å². The number of methoxy groups -OCH3 is 1. The number of ether oxygens (including phenoxy) is 1. The minimum Gasteiger partial charge on any atom is -0.497 e. The molecule has 3 heterocycles. The molecule has 1 amide bonds. The summed E-state index contributed by atoms with van der Waals surface area (Å²) in [5.41, 5.74) is 3.22. The van der Waals surface area contributed by atoms with Crippen LogP contribution in [0, 0.1) is 5.92 Å². The number of nitrogens with zero attached hydrogens (tertiary/aromatic N) is 3. The summed E-state index contributed by atoms with van der Waals surface area (Å²) in [6.45, 7) is 0.572. The molecule has 180 valence electrons. The number of rotatable bonds is 7. The molecule has 0 atom stereocenters. The number of anilines is 2. The third-order valence-electron chi connectivity index (χ3n) is 6.17. The Morgan fingerprint density at radius 1 is 1.08 bits per heavy atom. The molecule has 0 unspecified atom stereocenters. The van der Waals surface area contributed by atoms with Crippen LogP contribution in [0.4, 0.5) is 11.6 Å². The van der Waals surface area contributed by atoms with E-state index >= 15 is 0 Å². The lowest BCUT2D eigenvalue weighted by molar-refractivity contribution is -0.117. The first kappa shape index (κ1) is 22.5. The summed E-state index contributed by atoms with van der Waals surface area (Å²) in [4.78, 5) is 26.2. The van der Waals surface area contributed by atoms with E-state index in [1.165, 1.54) is 0 Å². The number of fused-ring (bicyclic) bond motifs is 2. The molecule has 0 saturated heterocycles. The molecule has 1 aliphatic rings. The smallest absolute Gasteiger partial charge is 0.229 e. The number of carbonyl (C=O) groups excluding carboxylic acids is 1. The molecule has 0 radical (unpaired) electrons. The number of hydrogen-bond acceptors (Lipinski definition) is 7. The first-order valence-corrected chi connectivity index (χ1v) is 12.4. The quantitative estimate of drug-likeness (QED) is 0.253. The summed E-state index contributed by atoms with van der Waals surface area (Å²) in [6.07, 6.45) is 5.31. The minimum atomic E-state index is 0.00187. The average Bonchev–Trinajstić information content (AvgIpc) is 3.67. The second-order valence-corrected chi connectivity index (χ2v) is 9.65. The number of oxazole rings is 1. The Morgan fingerprint density at radius 2 is 1.92 bits per heavy atom. The zero-order chi connectivity index (χ0) is 24.6. The van der Waals surface area contributed by atoms with Crippen molar-refractivity contribution < 1.29 is 13.9 Å². The van der Waals surface area contributed by atoms with Crippen LogP contribution in [-0.2, 0) is 11.3 Å². The van der Waals surface area contributed by atoms with Crippen molar-refractivity contribution in [2.75, 3.05) is 17.7 Å². The minimum absolute atomic E-state index is 0.00187. The van der Waals surface area contributed by atoms with E-state index in [0.29, 0.717) is 29.7 Å². The molecule has 3 aromatic heterocycles. The van der Waals surface area contributed by atoms with Gasteiger partial charge in [0.15, 0.2) is 5.58 Å². The van der Waals surface area contributed by atoms with Gasteiger partial charge in [0, 0.05) is 40.1 Å². The van der Waals surface area contributed by atoms with Crippen LogP contribution < -0.4 is 15.4 Å². The Labute approximate surface area is 215 Å². The van der Waals surface area contributed by atoms with Crippen molar-refractivity contribution >= 4 is 55.3 Å². The van der Waals surface area contributed by atoms with Crippen LogP contribution >= 0.6 is 15.9 Å². The Morgan fingerprint density at radius 3 is 2.69 bits per heavy atom. The Balaban J connectivity index is 1.39. The summed E-state index contributed by atoms with van der Waals surface area (Å²) >= 11 is 3.48. The zero-order valence-electron chi connectivity index (χ0n) is 19.4. The fraction of sp³-hybridized carbons (Fsp3) is 0.185. The molecular weight excluding hydrogens is 522 g/mol. The lowest BCUT2D eigenvalue weighted by Gasteiger charge is -2.12. The summed E-state index contributed by atoms with van der Waals surface area (Å²) in [5.74, 6) is 2.51. The van der Waals surface area contributed by atoms with Crippen molar-refractivity contribution in [1.82, 2.24) is 15.0 Å². The highest BCUT2D eigenvalue weighted by Crippen LogP contribution is 2.35. The van der Waals surface area contributed by atoms with Gasteiger partial charge in [-0.25, -0.2) is 15.0 Å². The van der Waals surface area contributed by atoms with Crippen LogP contribution in [0.2, 0.25) is 0 Å². The van der Waals surface area contributed by atoms with Gasteiger partial charge in [0.25, 0.3) is 0 Å². The van der Waals surface area contributed by atoms with Gasteiger partial charge in [-0.1, -0.05) is 28.1 Å². The molecule has 8 nitrogen and oxygen atoms in total. The van der Waals surface area contributed by atoms with E-state index in [0.717, 1.165) is 50.5 Å². The molecule has 36 heavy (non-hydrogen) atoms. The van der Waals surface area contributed by atoms with E-state index in [4.69, 9.17) is 9.15 Å². The predicted octanol–water partition coefficient (Wildman–Crippen LogP) is 6.17. The van der Waals surface area contributed by atoms with E-state index in [9.17, 15) is 4.79 Å².